The quantitative estimate of drug-likeness (QED) is 0.0437. The molecule has 10 rings (SSSR count). The van der Waals surface area contributed by atoms with Gasteiger partial charge in [-0.2, -0.15) is 10.2 Å². The minimum absolute atomic E-state index is 0.0454. The van der Waals surface area contributed by atoms with Gasteiger partial charge in [-0.05, 0) is 102 Å². The summed E-state index contributed by atoms with van der Waals surface area (Å²) >= 11 is 1.41. The van der Waals surface area contributed by atoms with Gasteiger partial charge in [0.15, 0.2) is 5.69 Å². The van der Waals surface area contributed by atoms with Crippen LogP contribution in [0.5, 0.6) is 5.75 Å². The number of carbonyl (C=O) groups excluding carboxylic acids is 4. The van der Waals surface area contributed by atoms with Gasteiger partial charge in [0.25, 0.3) is 11.8 Å². The van der Waals surface area contributed by atoms with E-state index in [1.807, 2.05) is 46.1 Å². The highest BCUT2D eigenvalue weighted by Gasteiger charge is 2.78. The van der Waals surface area contributed by atoms with Crippen LogP contribution in [0.15, 0.2) is 72.4 Å². The molecule has 3 amide bonds. The number of H-pyrrole nitrogens is 1. The molecule has 3 aromatic heterocycles. The molecule has 15 nitrogen and oxygen atoms in total. The van der Waals surface area contributed by atoms with Crippen LogP contribution >= 0.6 is 11.3 Å². The number of ketones is 1. The highest BCUT2D eigenvalue weighted by molar-refractivity contribution is 7.10. The number of fused-ring (bicyclic) bond motifs is 2. The number of aromatic amines is 1. The standard InChI is InChI=1S/C55H68F2N10O5S/c1-33(72-40-21-13-20-37(25-40)49(68)43-32-73-52(61-43)44-22-14-24-66(44)53(71)46(35-16-7-5-8-17-35)62-50(69)34(2)58-4)15-11-12-23-65-29-38(30-65)48(36-18-9-6-10-19-36)67-31-39(28-59-67)60-51(70)47-41-26-45-54(3,55(45,56)57)27-42(41)63-64-47/h6,9-10,13,18-21,25,28,31-35,38,44-46,48,58H,5,7-8,11-12,14-17,22-24,26-27,29-30H2,1-4H3,(H,60,70)(H,62,69)(H,63,64)/t33?,34-,44-,45-,46-,48+,54+/m0/s1. The van der Waals surface area contributed by atoms with Gasteiger partial charge in [-0.3, -0.25) is 29.0 Å². The second-order valence-corrected chi connectivity index (χ2v) is 22.4. The number of likely N-dealkylation sites (N-methyl/N-ethyl adjacent to an activating group) is 1. The van der Waals surface area contributed by atoms with Gasteiger partial charge in [-0.25, -0.2) is 13.8 Å². The average Bonchev–Trinajstić information content (AvgIpc) is 4.15. The number of rotatable bonds is 20. The van der Waals surface area contributed by atoms with Gasteiger partial charge in [0, 0.05) is 71.7 Å². The summed E-state index contributed by atoms with van der Waals surface area (Å²) in [6, 6.07) is 16.2. The second kappa shape index (κ2) is 21.2. The number of nitrogens with zero attached hydrogens (tertiary/aromatic N) is 6. The van der Waals surface area contributed by atoms with E-state index in [2.05, 4.69) is 50.1 Å². The first-order valence-electron chi connectivity index (χ1n) is 26.3. The van der Waals surface area contributed by atoms with Crippen LogP contribution in [0.2, 0.25) is 0 Å². The maximum atomic E-state index is 14.5. The largest absolute Gasteiger partial charge is 0.491 e. The van der Waals surface area contributed by atoms with Crippen LogP contribution < -0.4 is 20.7 Å². The molecule has 5 aromatic rings. The fraction of sp³-hybridized carbons (Fsp3) is 0.545. The van der Waals surface area contributed by atoms with Gasteiger partial charge in [-0.15, -0.1) is 11.3 Å². The molecule has 4 fully saturated rings. The monoisotopic (exact) mass is 1020 g/mol. The number of nitrogens with one attached hydrogen (secondary N) is 4. The number of thiazole rings is 1. The van der Waals surface area contributed by atoms with Gasteiger partial charge >= 0.3 is 0 Å². The summed E-state index contributed by atoms with van der Waals surface area (Å²) < 4.78 is 37.3. The Kier molecular flexibility index (Phi) is 14.7. The highest BCUT2D eigenvalue weighted by Crippen LogP contribution is 2.70. The van der Waals surface area contributed by atoms with Crippen molar-refractivity contribution in [2.45, 2.75) is 134 Å². The van der Waals surface area contributed by atoms with Gasteiger partial charge in [0.05, 0.1) is 36.1 Å². The Bertz CT molecular complexity index is 2790. The van der Waals surface area contributed by atoms with Gasteiger partial charge in [-0.1, -0.05) is 68.7 Å². The Morgan fingerprint density at radius 3 is 2.55 bits per heavy atom. The van der Waals surface area contributed by atoms with Crippen molar-refractivity contribution in [1.29, 1.82) is 0 Å². The van der Waals surface area contributed by atoms with E-state index in [9.17, 15) is 28.0 Å². The maximum absolute atomic E-state index is 14.5. The Morgan fingerprint density at radius 1 is 0.973 bits per heavy atom. The van der Waals surface area contributed by atoms with E-state index in [4.69, 9.17) is 14.8 Å². The first-order chi connectivity index (χ1) is 35.2. The number of aromatic nitrogens is 5. The van der Waals surface area contributed by atoms with Crippen molar-refractivity contribution < 1.29 is 32.7 Å². The smallest absolute Gasteiger partial charge is 0.276 e. The lowest BCUT2D eigenvalue weighted by atomic mass is 9.83. The van der Waals surface area contributed by atoms with Crippen LogP contribution in [-0.4, -0.2) is 116 Å². The molecular formula is C55H68F2N10O5S. The van der Waals surface area contributed by atoms with E-state index in [0.717, 1.165) is 94.4 Å². The second-order valence-electron chi connectivity index (χ2n) is 21.5. The molecule has 4 N–H and O–H groups in total. The minimum atomic E-state index is -2.74. The molecule has 2 saturated carbocycles. The van der Waals surface area contributed by atoms with Crippen molar-refractivity contribution in [3.8, 4) is 5.75 Å². The highest BCUT2D eigenvalue weighted by atomic mass is 32.1. The van der Waals surface area contributed by atoms with Gasteiger partial charge in [0.1, 0.15) is 22.5 Å². The lowest BCUT2D eigenvalue weighted by molar-refractivity contribution is -0.139. The molecule has 18 heteroatoms. The Labute approximate surface area is 429 Å². The van der Waals surface area contributed by atoms with E-state index >= 15 is 0 Å². The number of unbranched alkanes of at least 4 members (excludes halogenated alkanes) is 1. The van der Waals surface area contributed by atoms with Crippen LogP contribution in [0, 0.1) is 23.2 Å². The van der Waals surface area contributed by atoms with E-state index in [1.165, 1.54) is 11.3 Å². The molecule has 0 radical (unpaired) electrons. The van der Waals surface area contributed by atoms with Crippen molar-refractivity contribution in [2.24, 2.45) is 23.2 Å². The van der Waals surface area contributed by atoms with E-state index in [-0.39, 0.29) is 60.2 Å². The van der Waals surface area contributed by atoms with Crippen LogP contribution in [0.3, 0.4) is 0 Å². The van der Waals surface area contributed by atoms with E-state index in [1.54, 1.807) is 44.6 Å². The molecule has 5 heterocycles. The number of carbonyl (C=O) groups is 4. The Hall–Kier alpha value is -5.85. The molecule has 1 unspecified atom stereocenters. The number of hydrogen-bond donors (Lipinski definition) is 4. The number of halogens is 2. The lowest BCUT2D eigenvalue weighted by Crippen LogP contribution is -2.55. The van der Waals surface area contributed by atoms with Crippen LogP contribution in [0.1, 0.15) is 145 Å². The van der Waals surface area contributed by atoms with Crippen LogP contribution in [-0.2, 0) is 22.4 Å². The molecule has 388 valence electrons. The van der Waals surface area contributed by atoms with Crippen LogP contribution in [0.25, 0.3) is 0 Å². The fourth-order valence-electron chi connectivity index (χ4n) is 12.0. The molecule has 2 aliphatic heterocycles. The average molecular weight is 1020 g/mol. The third kappa shape index (κ3) is 10.4. The van der Waals surface area contributed by atoms with Crippen molar-refractivity contribution in [1.82, 2.24) is 45.4 Å². The number of amides is 3. The number of ether oxygens (including phenoxy) is 1. The topological polar surface area (TPSA) is 179 Å². The first-order valence-corrected chi connectivity index (χ1v) is 27.2. The maximum Gasteiger partial charge on any atom is 0.276 e. The summed E-state index contributed by atoms with van der Waals surface area (Å²) in [5.41, 5.74) is 2.77. The normalized spacial score (nSPS) is 23.3. The summed E-state index contributed by atoms with van der Waals surface area (Å²) in [6.45, 7) is 8.79. The lowest BCUT2D eigenvalue weighted by Gasteiger charge is -2.43. The molecule has 2 aromatic carbocycles. The number of alkyl halides is 2. The Balaban J connectivity index is 0.689. The third-order valence-electron chi connectivity index (χ3n) is 16.6. The number of hydrogen-bond acceptors (Lipinski definition) is 11. The molecule has 0 bridgehead atoms. The van der Waals surface area contributed by atoms with E-state index in [0.29, 0.717) is 46.4 Å². The van der Waals surface area contributed by atoms with Gasteiger partial charge < -0.3 is 30.5 Å². The molecule has 0 spiro atoms. The fourth-order valence-corrected chi connectivity index (χ4v) is 13.0. The molecule has 5 aliphatic rings. The van der Waals surface area contributed by atoms with Crippen molar-refractivity contribution >= 4 is 40.5 Å². The predicted octanol–water partition coefficient (Wildman–Crippen LogP) is 8.41. The third-order valence-corrected chi connectivity index (χ3v) is 17.5. The molecule has 73 heavy (non-hydrogen) atoms. The SMILES string of the molecule is CN[C@@H](C)C(=O)N[C@H](C(=O)N1CCC[C@H]1c1nc(C(=O)c2cccc(OC(C)CCCCN3CC([C@@H](c4ccccc4)n4cc(NC(=O)c5n[nH]c6c5C[C@@H]5C(F)(F)[C@]5(C)C6)cn4)C3)c2)cs1)C1CCCCC1. The first kappa shape index (κ1) is 50.7. The molecule has 2 saturated heterocycles. The summed E-state index contributed by atoms with van der Waals surface area (Å²) in [4.78, 5) is 63.7. The Morgan fingerprint density at radius 2 is 1.77 bits per heavy atom. The van der Waals surface area contributed by atoms with Gasteiger partial charge in [0.2, 0.25) is 17.6 Å². The van der Waals surface area contributed by atoms with Crippen molar-refractivity contribution in [3.63, 3.8) is 0 Å². The van der Waals surface area contributed by atoms with Crippen molar-refractivity contribution in [2.75, 3.05) is 38.5 Å². The molecular weight excluding hydrogens is 951 g/mol. The van der Waals surface area contributed by atoms with Crippen LogP contribution in [0.4, 0.5) is 14.5 Å². The zero-order chi connectivity index (χ0) is 51.0. The summed E-state index contributed by atoms with van der Waals surface area (Å²) in [5, 5.41) is 23.3. The number of anilines is 1. The minimum Gasteiger partial charge on any atom is -0.491 e. The predicted molar refractivity (Wildman–Crippen MR) is 274 cm³/mol. The zero-order valence-corrected chi connectivity index (χ0v) is 43.1. The summed E-state index contributed by atoms with van der Waals surface area (Å²) in [7, 11) is 1.74. The molecule has 7 atom stereocenters. The summed E-state index contributed by atoms with van der Waals surface area (Å²) in [5.74, 6) is -3.36. The zero-order valence-electron chi connectivity index (χ0n) is 42.2. The van der Waals surface area contributed by atoms with Crippen molar-refractivity contribution in [3.05, 3.63) is 111 Å². The van der Waals surface area contributed by atoms with E-state index < -0.39 is 35.2 Å². The number of benzene rings is 2. The molecule has 3 aliphatic carbocycles. The number of likely N-dealkylation sites (tertiary alicyclic amines) is 2. The summed E-state index contributed by atoms with van der Waals surface area (Å²) in [6.07, 6.45) is 13.2.